The van der Waals surface area contributed by atoms with Gasteiger partial charge in [-0.2, -0.15) is 0 Å². The summed E-state index contributed by atoms with van der Waals surface area (Å²) in [6, 6.07) is 12.7. The Balaban J connectivity index is 2.36. The smallest absolute Gasteiger partial charge is 0.336 e. The molecule has 1 N–H and O–H groups in total. The van der Waals surface area contributed by atoms with E-state index in [4.69, 9.17) is 4.74 Å². The molecule has 0 unspecified atom stereocenters. The van der Waals surface area contributed by atoms with E-state index in [1.54, 1.807) is 12.1 Å². The third-order valence-electron chi connectivity index (χ3n) is 3.36. The van der Waals surface area contributed by atoms with E-state index < -0.39 is 11.8 Å². The Morgan fingerprint density at radius 2 is 1.87 bits per heavy atom. The molecule has 0 aromatic heterocycles. The first kappa shape index (κ1) is 16.7. The average molecular weight is 314 g/mol. The van der Waals surface area contributed by atoms with E-state index in [2.05, 4.69) is 6.92 Å². The molecule has 2 rings (SSSR count). The van der Waals surface area contributed by atoms with Crippen molar-refractivity contribution in [2.24, 2.45) is 0 Å². The predicted molar refractivity (Wildman–Crippen MR) is 88.8 cm³/mol. The second kappa shape index (κ2) is 8.13. The summed E-state index contributed by atoms with van der Waals surface area (Å²) in [5.41, 5.74) is 1.23. The number of hydrogen-bond acceptors (Lipinski definition) is 2. The number of carboxylic acid groups (broad SMARTS) is 1. The molecule has 0 saturated carbocycles. The van der Waals surface area contributed by atoms with E-state index in [9.17, 15) is 14.3 Å². The van der Waals surface area contributed by atoms with E-state index in [0.717, 1.165) is 12.8 Å². The van der Waals surface area contributed by atoms with Crippen LogP contribution in [0.1, 0.15) is 30.9 Å². The van der Waals surface area contributed by atoms with Gasteiger partial charge in [0.2, 0.25) is 0 Å². The fraction of sp³-hybridized carbons (Fsp3) is 0.211. The molecule has 0 amide bonds. The molecule has 0 heterocycles. The zero-order valence-corrected chi connectivity index (χ0v) is 13.0. The van der Waals surface area contributed by atoms with Crippen molar-refractivity contribution in [3.8, 4) is 5.75 Å². The lowest BCUT2D eigenvalue weighted by Crippen LogP contribution is -2.01. The fourth-order valence-electron chi connectivity index (χ4n) is 2.11. The van der Waals surface area contributed by atoms with E-state index in [0.29, 0.717) is 23.5 Å². The number of benzene rings is 2. The number of unbranched alkanes of at least 4 members (excludes halogenated alkanes) is 1. The molecule has 23 heavy (non-hydrogen) atoms. The van der Waals surface area contributed by atoms with Gasteiger partial charge in [0.1, 0.15) is 11.6 Å². The van der Waals surface area contributed by atoms with Crippen molar-refractivity contribution in [3.63, 3.8) is 0 Å². The highest BCUT2D eigenvalue weighted by molar-refractivity contribution is 6.20. The van der Waals surface area contributed by atoms with Gasteiger partial charge in [0, 0.05) is 5.56 Å². The van der Waals surface area contributed by atoms with Gasteiger partial charge >= 0.3 is 5.97 Å². The maximum atomic E-state index is 13.0. The topological polar surface area (TPSA) is 46.5 Å². The van der Waals surface area contributed by atoms with Gasteiger partial charge in [-0.3, -0.25) is 0 Å². The van der Waals surface area contributed by atoms with Crippen LogP contribution in [-0.2, 0) is 4.79 Å². The highest BCUT2D eigenvalue weighted by Gasteiger charge is 2.12. The lowest BCUT2D eigenvalue weighted by molar-refractivity contribution is -0.130. The molecule has 2 aromatic rings. The number of para-hydroxylation sites is 1. The molecule has 0 radical (unpaired) electrons. The van der Waals surface area contributed by atoms with Crippen LogP contribution < -0.4 is 4.74 Å². The van der Waals surface area contributed by atoms with Crippen molar-refractivity contribution < 1.29 is 19.0 Å². The Hall–Kier alpha value is -2.62. The standard InChI is InChI=1S/C19H19FO3/c1-2-3-12-23-18-7-5-4-6-15(18)13-17(19(21)22)14-8-10-16(20)11-9-14/h4-11,13H,2-3,12H2,1H3,(H,21,22)/b17-13-. The summed E-state index contributed by atoms with van der Waals surface area (Å²) in [4.78, 5) is 11.6. The number of rotatable bonds is 7. The molecule has 2 aromatic carbocycles. The largest absolute Gasteiger partial charge is 0.493 e. The van der Waals surface area contributed by atoms with Crippen molar-refractivity contribution in [2.75, 3.05) is 6.61 Å². The molecule has 0 atom stereocenters. The Morgan fingerprint density at radius 3 is 2.52 bits per heavy atom. The van der Waals surface area contributed by atoms with Crippen molar-refractivity contribution in [1.82, 2.24) is 0 Å². The molecule has 0 aliphatic carbocycles. The van der Waals surface area contributed by atoms with Crippen LogP contribution in [-0.4, -0.2) is 17.7 Å². The Labute approximate surface area is 135 Å². The molecular formula is C19H19FO3. The summed E-state index contributed by atoms with van der Waals surface area (Å²) < 4.78 is 18.7. The van der Waals surface area contributed by atoms with Gasteiger partial charge in [-0.1, -0.05) is 43.7 Å². The van der Waals surface area contributed by atoms with Crippen molar-refractivity contribution in [3.05, 3.63) is 65.5 Å². The maximum Gasteiger partial charge on any atom is 0.336 e. The number of hydrogen-bond donors (Lipinski definition) is 1. The summed E-state index contributed by atoms with van der Waals surface area (Å²) >= 11 is 0. The van der Waals surface area contributed by atoms with E-state index in [-0.39, 0.29) is 5.57 Å². The SMILES string of the molecule is CCCCOc1ccccc1/C=C(\C(=O)O)c1ccc(F)cc1. The Kier molecular flexibility index (Phi) is 5.92. The summed E-state index contributed by atoms with van der Waals surface area (Å²) in [6.07, 6.45) is 3.51. The van der Waals surface area contributed by atoms with Gasteiger partial charge in [0.05, 0.1) is 12.2 Å². The summed E-state index contributed by atoms with van der Waals surface area (Å²) in [5.74, 6) is -0.830. The minimum atomic E-state index is -1.07. The normalized spacial score (nSPS) is 11.3. The van der Waals surface area contributed by atoms with Gasteiger partial charge in [-0.05, 0) is 36.3 Å². The van der Waals surface area contributed by atoms with Gasteiger partial charge < -0.3 is 9.84 Å². The van der Waals surface area contributed by atoms with Gasteiger partial charge in [0.25, 0.3) is 0 Å². The minimum absolute atomic E-state index is 0.0940. The number of ether oxygens (including phenoxy) is 1. The van der Waals surface area contributed by atoms with Crippen molar-refractivity contribution in [2.45, 2.75) is 19.8 Å². The first-order chi connectivity index (χ1) is 11.1. The highest BCUT2D eigenvalue weighted by atomic mass is 19.1. The molecule has 0 aliphatic rings. The van der Waals surface area contributed by atoms with Crippen LogP contribution in [0.15, 0.2) is 48.5 Å². The third-order valence-corrected chi connectivity index (χ3v) is 3.36. The van der Waals surface area contributed by atoms with E-state index in [1.807, 2.05) is 18.2 Å². The second-order valence-electron chi connectivity index (χ2n) is 5.11. The number of carbonyl (C=O) groups is 1. The zero-order valence-electron chi connectivity index (χ0n) is 13.0. The summed E-state index contributed by atoms with van der Waals surface area (Å²) in [6.45, 7) is 2.66. The minimum Gasteiger partial charge on any atom is -0.493 e. The molecular weight excluding hydrogens is 295 g/mol. The van der Waals surface area contributed by atoms with Gasteiger partial charge in [-0.25, -0.2) is 9.18 Å². The predicted octanol–water partition coefficient (Wildman–Crippen LogP) is 4.63. The first-order valence-corrected chi connectivity index (χ1v) is 7.54. The van der Waals surface area contributed by atoms with Crippen LogP contribution in [0.2, 0.25) is 0 Å². The Bertz CT molecular complexity index is 690. The van der Waals surface area contributed by atoms with Crippen molar-refractivity contribution in [1.29, 1.82) is 0 Å². The number of carboxylic acids is 1. The van der Waals surface area contributed by atoms with E-state index >= 15 is 0 Å². The molecule has 0 fully saturated rings. The quantitative estimate of drug-likeness (QED) is 0.460. The number of aliphatic carboxylic acids is 1. The van der Waals surface area contributed by atoms with Crippen LogP contribution >= 0.6 is 0 Å². The molecule has 0 saturated heterocycles. The zero-order chi connectivity index (χ0) is 16.7. The van der Waals surface area contributed by atoms with Crippen molar-refractivity contribution >= 4 is 17.6 Å². The average Bonchev–Trinajstić information content (AvgIpc) is 2.55. The van der Waals surface area contributed by atoms with Crippen LogP contribution in [0.3, 0.4) is 0 Å². The summed E-state index contributed by atoms with van der Waals surface area (Å²) in [7, 11) is 0. The third kappa shape index (κ3) is 4.68. The lowest BCUT2D eigenvalue weighted by atomic mass is 10.0. The molecule has 0 aliphatic heterocycles. The molecule has 0 bridgehead atoms. The van der Waals surface area contributed by atoms with Crippen LogP contribution in [0.4, 0.5) is 4.39 Å². The second-order valence-corrected chi connectivity index (χ2v) is 5.11. The first-order valence-electron chi connectivity index (χ1n) is 7.54. The fourth-order valence-corrected chi connectivity index (χ4v) is 2.11. The lowest BCUT2D eigenvalue weighted by Gasteiger charge is -2.10. The van der Waals surface area contributed by atoms with E-state index in [1.165, 1.54) is 24.3 Å². The van der Waals surface area contributed by atoms with Crippen LogP contribution in [0.25, 0.3) is 11.6 Å². The molecule has 3 nitrogen and oxygen atoms in total. The molecule has 4 heteroatoms. The summed E-state index contributed by atoms with van der Waals surface area (Å²) in [5, 5.41) is 9.46. The maximum absolute atomic E-state index is 13.0. The Morgan fingerprint density at radius 1 is 1.17 bits per heavy atom. The molecule has 120 valence electrons. The van der Waals surface area contributed by atoms with Gasteiger partial charge in [0.15, 0.2) is 0 Å². The highest BCUT2D eigenvalue weighted by Crippen LogP contribution is 2.25. The monoisotopic (exact) mass is 314 g/mol. The van der Waals surface area contributed by atoms with Crippen LogP contribution in [0, 0.1) is 5.82 Å². The molecule has 0 spiro atoms. The number of halogens is 1. The van der Waals surface area contributed by atoms with Crippen LogP contribution in [0.5, 0.6) is 5.75 Å². The van der Waals surface area contributed by atoms with Gasteiger partial charge in [-0.15, -0.1) is 0 Å².